The van der Waals surface area contributed by atoms with Gasteiger partial charge in [-0.1, -0.05) is 12.1 Å². The Hall–Kier alpha value is -2.62. The number of nitrogens with one attached hydrogen (secondary N) is 1. The number of alkyl halides is 3. The normalized spacial score (nSPS) is 11.0. The van der Waals surface area contributed by atoms with E-state index in [1.54, 1.807) is 13.0 Å². The number of hydrogen-bond acceptors (Lipinski definition) is 4. The molecule has 0 saturated carbocycles. The summed E-state index contributed by atoms with van der Waals surface area (Å²) in [6, 6.07) is 8.41. The largest absolute Gasteiger partial charge is 0.416 e. The summed E-state index contributed by atoms with van der Waals surface area (Å²) < 4.78 is 37.8. The van der Waals surface area contributed by atoms with Crippen LogP contribution in [0.5, 0.6) is 0 Å². The average molecular weight is 292 g/mol. The molecular formula is C14H11F3N4. The molecule has 0 aliphatic rings. The highest BCUT2D eigenvalue weighted by molar-refractivity contribution is 5.35. The van der Waals surface area contributed by atoms with Gasteiger partial charge in [0.25, 0.3) is 0 Å². The van der Waals surface area contributed by atoms with Gasteiger partial charge in [0.1, 0.15) is 11.8 Å². The molecule has 0 aliphatic carbocycles. The zero-order valence-corrected chi connectivity index (χ0v) is 11.1. The second-order valence-electron chi connectivity index (χ2n) is 4.38. The Labute approximate surface area is 119 Å². The van der Waals surface area contributed by atoms with Crippen LogP contribution in [0.3, 0.4) is 0 Å². The fourth-order valence-corrected chi connectivity index (χ4v) is 1.74. The van der Waals surface area contributed by atoms with Crippen molar-refractivity contribution in [1.29, 1.82) is 5.26 Å². The molecule has 0 fully saturated rings. The maximum Gasteiger partial charge on any atom is 0.416 e. The first-order valence-corrected chi connectivity index (χ1v) is 6.04. The smallest absolute Gasteiger partial charge is 0.350 e. The van der Waals surface area contributed by atoms with Crippen LogP contribution in [0.25, 0.3) is 0 Å². The number of hydrogen-bond donors (Lipinski definition) is 1. The summed E-state index contributed by atoms with van der Waals surface area (Å²) in [5, 5.41) is 11.6. The quantitative estimate of drug-likeness (QED) is 0.943. The van der Waals surface area contributed by atoms with Gasteiger partial charge in [0, 0.05) is 12.2 Å². The Morgan fingerprint density at radius 1 is 1.24 bits per heavy atom. The highest BCUT2D eigenvalue weighted by Crippen LogP contribution is 2.29. The SMILES string of the molecule is Cc1cc(C#N)nc(NCc2cccc(C(F)(F)F)c2)n1. The maximum absolute atomic E-state index is 12.6. The molecule has 0 aliphatic heterocycles. The molecule has 4 nitrogen and oxygen atoms in total. The number of aryl methyl sites for hydroxylation is 1. The van der Waals surface area contributed by atoms with Gasteiger partial charge in [0.05, 0.1) is 5.56 Å². The van der Waals surface area contributed by atoms with E-state index >= 15 is 0 Å². The number of halogens is 3. The third kappa shape index (κ3) is 3.92. The lowest BCUT2D eigenvalue weighted by Crippen LogP contribution is -2.08. The molecule has 0 bridgehead atoms. The summed E-state index contributed by atoms with van der Waals surface area (Å²) in [6.45, 7) is 1.84. The summed E-state index contributed by atoms with van der Waals surface area (Å²) in [5.41, 5.74) is 0.556. The molecule has 0 spiro atoms. The lowest BCUT2D eigenvalue weighted by Gasteiger charge is -2.10. The van der Waals surface area contributed by atoms with E-state index in [2.05, 4.69) is 15.3 Å². The molecule has 21 heavy (non-hydrogen) atoms. The number of benzene rings is 1. The first-order chi connectivity index (χ1) is 9.88. The minimum Gasteiger partial charge on any atom is -0.350 e. The number of rotatable bonds is 3. The minimum absolute atomic E-state index is 0.137. The van der Waals surface area contributed by atoms with Gasteiger partial charge in [0.15, 0.2) is 0 Å². The average Bonchev–Trinajstić information content (AvgIpc) is 2.44. The summed E-state index contributed by atoms with van der Waals surface area (Å²) in [5.74, 6) is 0.212. The molecule has 0 atom stereocenters. The summed E-state index contributed by atoms with van der Waals surface area (Å²) >= 11 is 0. The Morgan fingerprint density at radius 3 is 2.67 bits per heavy atom. The molecule has 7 heteroatoms. The van der Waals surface area contributed by atoms with E-state index in [0.717, 1.165) is 12.1 Å². The van der Waals surface area contributed by atoms with Crippen LogP contribution in [-0.2, 0) is 12.7 Å². The van der Waals surface area contributed by atoms with Crippen molar-refractivity contribution in [2.24, 2.45) is 0 Å². The van der Waals surface area contributed by atoms with Gasteiger partial charge < -0.3 is 5.32 Å². The second kappa shape index (κ2) is 5.79. The van der Waals surface area contributed by atoms with Gasteiger partial charge in [-0.2, -0.15) is 18.4 Å². The first-order valence-electron chi connectivity index (χ1n) is 6.04. The first kappa shape index (κ1) is 14.8. The Kier molecular flexibility index (Phi) is 4.08. The molecule has 0 unspecified atom stereocenters. The van der Waals surface area contributed by atoms with E-state index in [-0.39, 0.29) is 18.2 Å². The van der Waals surface area contributed by atoms with E-state index < -0.39 is 11.7 Å². The van der Waals surface area contributed by atoms with Crippen LogP contribution < -0.4 is 5.32 Å². The zero-order valence-electron chi connectivity index (χ0n) is 11.1. The molecule has 1 heterocycles. The van der Waals surface area contributed by atoms with Crippen molar-refractivity contribution < 1.29 is 13.2 Å². The van der Waals surface area contributed by atoms with Crippen LogP contribution >= 0.6 is 0 Å². The second-order valence-corrected chi connectivity index (χ2v) is 4.38. The standard InChI is InChI=1S/C14H11F3N4/c1-9-5-12(7-18)21-13(20-9)19-8-10-3-2-4-11(6-10)14(15,16)17/h2-6H,8H2,1H3,(H,19,20,21). The van der Waals surface area contributed by atoms with E-state index in [9.17, 15) is 13.2 Å². The molecule has 1 aromatic carbocycles. The summed E-state index contributed by atoms with van der Waals surface area (Å²) in [6.07, 6.45) is -4.37. The molecular weight excluding hydrogens is 281 g/mol. The zero-order chi connectivity index (χ0) is 15.5. The molecule has 108 valence electrons. The topological polar surface area (TPSA) is 61.6 Å². The van der Waals surface area contributed by atoms with Gasteiger partial charge in [-0.25, -0.2) is 9.97 Å². The number of nitriles is 1. The number of aromatic nitrogens is 2. The van der Waals surface area contributed by atoms with E-state index in [1.807, 2.05) is 6.07 Å². The van der Waals surface area contributed by atoms with Crippen molar-refractivity contribution in [3.63, 3.8) is 0 Å². The highest BCUT2D eigenvalue weighted by atomic mass is 19.4. The lowest BCUT2D eigenvalue weighted by molar-refractivity contribution is -0.137. The van der Waals surface area contributed by atoms with Crippen molar-refractivity contribution in [3.8, 4) is 6.07 Å². The van der Waals surface area contributed by atoms with Crippen molar-refractivity contribution in [2.45, 2.75) is 19.6 Å². The van der Waals surface area contributed by atoms with Crippen molar-refractivity contribution in [1.82, 2.24) is 9.97 Å². The van der Waals surface area contributed by atoms with Crippen LogP contribution in [-0.4, -0.2) is 9.97 Å². The number of anilines is 1. The fraction of sp³-hybridized carbons (Fsp3) is 0.214. The van der Waals surface area contributed by atoms with E-state index in [0.29, 0.717) is 11.3 Å². The van der Waals surface area contributed by atoms with Crippen LogP contribution in [0.1, 0.15) is 22.5 Å². The monoisotopic (exact) mass is 292 g/mol. The Balaban J connectivity index is 2.14. The third-order valence-electron chi connectivity index (χ3n) is 2.67. The van der Waals surface area contributed by atoms with Crippen molar-refractivity contribution in [2.75, 3.05) is 5.32 Å². The predicted octanol–water partition coefficient (Wildman–Crippen LogP) is 3.29. The molecule has 2 rings (SSSR count). The predicted molar refractivity (Wildman–Crippen MR) is 70.3 cm³/mol. The van der Waals surface area contributed by atoms with Gasteiger partial charge >= 0.3 is 6.18 Å². The van der Waals surface area contributed by atoms with Crippen molar-refractivity contribution in [3.05, 3.63) is 52.8 Å². The van der Waals surface area contributed by atoms with Gasteiger partial charge in [0.2, 0.25) is 5.95 Å². The Morgan fingerprint density at radius 2 is 2.00 bits per heavy atom. The minimum atomic E-state index is -4.37. The number of nitrogens with zero attached hydrogens (tertiary/aromatic N) is 3. The molecule has 1 aromatic heterocycles. The van der Waals surface area contributed by atoms with E-state index in [1.165, 1.54) is 12.1 Å². The molecule has 0 radical (unpaired) electrons. The molecule has 0 saturated heterocycles. The lowest BCUT2D eigenvalue weighted by atomic mass is 10.1. The van der Waals surface area contributed by atoms with Crippen LogP contribution in [0, 0.1) is 18.3 Å². The third-order valence-corrected chi connectivity index (χ3v) is 2.67. The van der Waals surface area contributed by atoms with Crippen LogP contribution in [0.4, 0.5) is 19.1 Å². The molecule has 1 N–H and O–H groups in total. The summed E-state index contributed by atoms with van der Waals surface area (Å²) in [4.78, 5) is 8.01. The van der Waals surface area contributed by atoms with Crippen molar-refractivity contribution >= 4 is 5.95 Å². The van der Waals surface area contributed by atoms with Gasteiger partial charge in [-0.3, -0.25) is 0 Å². The van der Waals surface area contributed by atoms with Crippen LogP contribution in [0.15, 0.2) is 30.3 Å². The van der Waals surface area contributed by atoms with E-state index in [4.69, 9.17) is 5.26 Å². The highest BCUT2D eigenvalue weighted by Gasteiger charge is 2.30. The van der Waals surface area contributed by atoms with Gasteiger partial charge in [-0.05, 0) is 30.7 Å². The Bertz CT molecular complexity index is 689. The van der Waals surface area contributed by atoms with Gasteiger partial charge in [-0.15, -0.1) is 0 Å². The molecule has 0 amide bonds. The maximum atomic E-state index is 12.6. The fourth-order valence-electron chi connectivity index (χ4n) is 1.74. The summed E-state index contributed by atoms with van der Waals surface area (Å²) in [7, 11) is 0. The molecule has 2 aromatic rings. The van der Waals surface area contributed by atoms with Crippen LogP contribution in [0.2, 0.25) is 0 Å².